The summed E-state index contributed by atoms with van der Waals surface area (Å²) in [6.45, 7) is 0.636. The molecule has 1 atom stereocenters. The predicted octanol–water partition coefficient (Wildman–Crippen LogP) is 2.40. The van der Waals surface area contributed by atoms with E-state index in [1.54, 1.807) is 12.1 Å². The molecule has 1 fully saturated rings. The van der Waals surface area contributed by atoms with Gasteiger partial charge in [0.2, 0.25) is 5.62 Å². The molecule has 0 radical (unpaired) electrons. The lowest BCUT2D eigenvalue weighted by Crippen LogP contribution is -2.18. The summed E-state index contributed by atoms with van der Waals surface area (Å²) in [4.78, 5) is 11.8. The first-order chi connectivity index (χ1) is 7.20. The van der Waals surface area contributed by atoms with Crippen LogP contribution in [-0.4, -0.2) is 18.3 Å². The highest BCUT2D eigenvalue weighted by molar-refractivity contribution is 8.69. The Labute approximate surface area is 97.5 Å². The van der Waals surface area contributed by atoms with Crippen LogP contribution in [0.1, 0.15) is 10.4 Å². The maximum absolute atomic E-state index is 11.8. The Morgan fingerprint density at radius 3 is 2.80 bits per heavy atom. The maximum atomic E-state index is 11.8. The van der Waals surface area contributed by atoms with Crippen LogP contribution in [0.5, 0.6) is 0 Å². The van der Waals surface area contributed by atoms with Crippen molar-refractivity contribution in [1.29, 1.82) is 0 Å². The fourth-order valence-electron chi connectivity index (χ4n) is 1.20. The number of rotatable bonds is 2. The van der Waals surface area contributed by atoms with Crippen molar-refractivity contribution < 1.29 is 9.32 Å². The summed E-state index contributed by atoms with van der Waals surface area (Å²) in [5, 5.41) is 2.80. The maximum Gasteiger partial charge on any atom is 0.257 e. The number of hydrogen-bond donors (Lipinski definition) is 1. The Bertz CT molecular complexity index is 400. The summed E-state index contributed by atoms with van der Waals surface area (Å²) in [5.41, 5.74) is -1.52. The third kappa shape index (κ3) is 2.82. The molecule has 1 unspecified atom stereocenters. The Kier molecular flexibility index (Phi) is 3.46. The Morgan fingerprint density at radius 1 is 1.47 bits per heavy atom. The summed E-state index contributed by atoms with van der Waals surface area (Å²) in [5.74, 6) is 0.722. The van der Waals surface area contributed by atoms with Gasteiger partial charge >= 0.3 is 0 Å². The standard InChI is InChI=1S/C9H10NO2PS2/c11-9(8-4-2-1-3-5-8)10-13(14)12-6-7-15-13/h1-5H,6-7H2,(H,10,11,14). The average molecular weight is 259 g/mol. The first-order valence-corrected chi connectivity index (χ1v) is 8.77. The number of amides is 1. The normalized spacial score (nSPS) is 25.1. The van der Waals surface area contributed by atoms with Crippen LogP contribution in [0.2, 0.25) is 0 Å². The smallest absolute Gasteiger partial charge is 0.257 e. The molecule has 1 saturated heterocycles. The molecule has 80 valence electrons. The highest BCUT2D eigenvalue weighted by atomic mass is 32.9. The van der Waals surface area contributed by atoms with E-state index in [0.29, 0.717) is 12.2 Å². The Balaban J connectivity index is 2.07. The Morgan fingerprint density at radius 2 is 2.20 bits per heavy atom. The van der Waals surface area contributed by atoms with Gasteiger partial charge in [-0.2, -0.15) is 0 Å². The monoisotopic (exact) mass is 259 g/mol. The average Bonchev–Trinajstić information content (AvgIpc) is 2.66. The third-order valence-corrected chi connectivity index (χ3v) is 7.27. The van der Waals surface area contributed by atoms with Crippen molar-refractivity contribution in [3.05, 3.63) is 35.9 Å². The molecule has 0 aliphatic carbocycles. The SMILES string of the molecule is O=C(NP1(=S)OCCS1)c1ccccc1. The quantitative estimate of drug-likeness (QED) is 0.828. The van der Waals surface area contributed by atoms with Crippen LogP contribution in [0.15, 0.2) is 30.3 Å². The van der Waals surface area contributed by atoms with Crippen molar-refractivity contribution in [3.8, 4) is 0 Å². The topological polar surface area (TPSA) is 38.3 Å². The number of carbonyl (C=O) groups is 1. The molecule has 15 heavy (non-hydrogen) atoms. The van der Waals surface area contributed by atoms with E-state index in [4.69, 9.17) is 16.3 Å². The molecule has 0 aromatic heterocycles. The summed E-state index contributed by atoms with van der Waals surface area (Å²) >= 11 is 6.80. The van der Waals surface area contributed by atoms with Gasteiger partial charge < -0.3 is 4.52 Å². The van der Waals surface area contributed by atoms with E-state index in [-0.39, 0.29) is 5.91 Å². The van der Waals surface area contributed by atoms with Crippen LogP contribution in [-0.2, 0) is 16.3 Å². The van der Waals surface area contributed by atoms with Crippen LogP contribution in [0.4, 0.5) is 0 Å². The van der Waals surface area contributed by atoms with Crippen molar-refractivity contribution in [2.24, 2.45) is 0 Å². The lowest BCUT2D eigenvalue weighted by molar-refractivity contribution is 0.0979. The van der Waals surface area contributed by atoms with Crippen molar-refractivity contribution >= 4 is 34.7 Å². The highest BCUT2D eigenvalue weighted by Crippen LogP contribution is 2.60. The van der Waals surface area contributed by atoms with Gasteiger partial charge in [-0.05, 0) is 23.9 Å². The fourth-order valence-corrected chi connectivity index (χ4v) is 5.61. The lowest BCUT2D eigenvalue weighted by Gasteiger charge is -2.14. The first kappa shape index (κ1) is 11.1. The van der Waals surface area contributed by atoms with Crippen LogP contribution >= 0.6 is 17.0 Å². The lowest BCUT2D eigenvalue weighted by atomic mass is 10.2. The zero-order chi connectivity index (χ0) is 10.7. The minimum Gasteiger partial charge on any atom is -0.326 e. The molecule has 3 nitrogen and oxygen atoms in total. The van der Waals surface area contributed by atoms with Crippen LogP contribution in [0, 0.1) is 0 Å². The zero-order valence-corrected chi connectivity index (χ0v) is 10.4. The zero-order valence-electron chi connectivity index (χ0n) is 7.88. The molecule has 2 rings (SSSR count). The Hall–Kier alpha value is -0.350. The minimum atomic E-state index is -2.14. The predicted molar refractivity (Wildman–Crippen MR) is 66.6 cm³/mol. The van der Waals surface area contributed by atoms with E-state index in [1.807, 2.05) is 18.2 Å². The second-order valence-corrected chi connectivity index (χ2v) is 9.67. The first-order valence-electron chi connectivity index (χ1n) is 4.46. The molecular weight excluding hydrogens is 249 g/mol. The summed E-state index contributed by atoms with van der Waals surface area (Å²) in [7, 11) is 0. The summed E-state index contributed by atoms with van der Waals surface area (Å²) < 4.78 is 5.39. The van der Waals surface area contributed by atoms with Gasteiger partial charge in [0.15, 0.2) is 0 Å². The van der Waals surface area contributed by atoms with Crippen LogP contribution in [0.25, 0.3) is 0 Å². The molecule has 6 heteroatoms. The van der Waals surface area contributed by atoms with Gasteiger partial charge in [0, 0.05) is 11.3 Å². The molecule has 1 heterocycles. The molecule has 1 amide bonds. The number of benzene rings is 1. The second kappa shape index (κ2) is 4.66. The van der Waals surface area contributed by atoms with Gasteiger partial charge in [0.1, 0.15) is 0 Å². The number of hydrogen-bond acceptors (Lipinski definition) is 4. The molecule has 0 bridgehead atoms. The van der Waals surface area contributed by atoms with Gasteiger partial charge in [-0.15, -0.1) is 0 Å². The van der Waals surface area contributed by atoms with E-state index in [9.17, 15) is 4.79 Å². The van der Waals surface area contributed by atoms with Gasteiger partial charge in [-0.3, -0.25) is 9.88 Å². The molecule has 1 N–H and O–H groups in total. The number of nitrogens with one attached hydrogen (secondary N) is 1. The largest absolute Gasteiger partial charge is 0.326 e. The number of carbonyl (C=O) groups excluding carboxylic acids is 1. The molecule has 0 saturated carbocycles. The highest BCUT2D eigenvalue weighted by Gasteiger charge is 2.26. The van der Waals surface area contributed by atoms with E-state index in [2.05, 4.69) is 5.09 Å². The molecular formula is C9H10NO2PS2. The van der Waals surface area contributed by atoms with Crippen LogP contribution < -0.4 is 5.09 Å². The van der Waals surface area contributed by atoms with Gasteiger partial charge in [0.05, 0.1) is 6.61 Å². The van der Waals surface area contributed by atoms with Gasteiger partial charge in [-0.25, -0.2) is 0 Å². The van der Waals surface area contributed by atoms with Crippen molar-refractivity contribution in [2.45, 2.75) is 0 Å². The minimum absolute atomic E-state index is 0.145. The second-order valence-electron chi connectivity index (χ2n) is 2.97. The van der Waals surface area contributed by atoms with E-state index < -0.39 is 5.62 Å². The van der Waals surface area contributed by atoms with Crippen LogP contribution in [0.3, 0.4) is 0 Å². The third-order valence-electron chi connectivity index (χ3n) is 1.88. The van der Waals surface area contributed by atoms with Gasteiger partial charge in [0.25, 0.3) is 5.91 Å². The van der Waals surface area contributed by atoms with E-state index in [1.165, 1.54) is 11.4 Å². The molecule has 1 aliphatic rings. The van der Waals surface area contributed by atoms with Crippen molar-refractivity contribution in [1.82, 2.24) is 5.09 Å². The van der Waals surface area contributed by atoms with Crippen molar-refractivity contribution in [2.75, 3.05) is 12.4 Å². The van der Waals surface area contributed by atoms with Crippen molar-refractivity contribution in [3.63, 3.8) is 0 Å². The fraction of sp³-hybridized carbons (Fsp3) is 0.222. The van der Waals surface area contributed by atoms with E-state index >= 15 is 0 Å². The molecule has 1 aromatic rings. The summed E-state index contributed by atoms with van der Waals surface area (Å²) in [6.07, 6.45) is 0. The molecule has 1 aliphatic heterocycles. The molecule has 0 spiro atoms. The van der Waals surface area contributed by atoms with Gasteiger partial charge in [-0.1, -0.05) is 29.6 Å². The van der Waals surface area contributed by atoms with E-state index in [0.717, 1.165) is 5.75 Å². The summed E-state index contributed by atoms with van der Waals surface area (Å²) in [6, 6.07) is 9.05. The molecule has 1 aromatic carbocycles.